The van der Waals surface area contributed by atoms with Gasteiger partial charge in [-0.2, -0.15) is 5.10 Å². The van der Waals surface area contributed by atoms with E-state index < -0.39 is 4.92 Å². The van der Waals surface area contributed by atoms with Crippen molar-refractivity contribution in [1.82, 2.24) is 9.78 Å². The van der Waals surface area contributed by atoms with Gasteiger partial charge in [0.2, 0.25) is 11.8 Å². The molecule has 0 radical (unpaired) electrons. The van der Waals surface area contributed by atoms with Crippen LogP contribution in [0.2, 0.25) is 0 Å². The molecular formula is C17H19N5O4. The molecule has 0 unspecified atom stereocenters. The number of nitrogens with zero attached hydrogens (tertiary/aromatic N) is 4. The van der Waals surface area contributed by atoms with E-state index in [-0.39, 0.29) is 29.7 Å². The lowest BCUT2D eigenvalue weighted by molar-refractivity contribution is -0.386. The number of rotatable bonds is 4. The normalized spacial score (nSPS) is 12.8. The summed E-state index contributed by atoms with van der Waals surface area (Å²) in [5.41, 5.74) is 3.04. The van der Waals surface area contributed by atoms with Gasteiger partial charge in [-0.1, -0.05) is 0 Å². The van der Waals surface area contributed by atoms with Gasteiger partial charge in [-0.3, -0.25) is 24.4 Å². The third kappa shape index (κ3) is 3.15. The van der Waals surface area contributed by atoms with Gasteiger partial charge in [0.25, 0.3) is 0 Å². The molecule has 0 atom stereocenters. The maximum absolute atomic E-state index is 12.3. The van der Waals surface area contributed by atoms with Gasteiger partial charge >= 0.3 is 5.69 Å². The third-order valence-electron chi connectivity index (χ3n) is 4.46. The number of nitro groups is 1. The van der Waals surface area contributed by atoms with Gasteiger partial charge < -0.3 is 10.2 Å². The van der Waals surface area contributed by atoms with Crippen molar-refractivity contribution in [1.29, 1.82) is 0 Å². The topological polar surface area (TPSA) is 110 Å². The van der Waals surface area contributed by atoms with Crippen molar-refractivity contribution in [3.8, 4) is 0 Å². The summed E-state index contributed by atoms with van der Waals surface area (Å²) in [6.45, 7) is 5.16. The van der Waals surface area contributed by atoms with Crippen molar-refractivity contribution in [2.24, 2.45) is 0 Å². The number of carbonyl (C=O) groups excluding carboxylic acids is 2. The first kappa shape index (κ1) is 17.6. The Morgan fingerprint density at radius 1 is 1.35 bits per heavy atom. The molecule has 1 aromatic heterocycles. The van der Waals surface area contributed by atoms with Crippen LogP contribution in [0.3, 0.4) is 0 Å². The molecule has 1 aromatic carbocycles. The lowest BCUT2D eigenvalue weighted by Gasteiger charge is -2.15. The quantitative estimate of drug-likeness (QED) is 0.664. The maximum atomic E-state index is 12.3. The van der Waals surface area contributed by atoms with Gasteiger partial charge in [0.15, 0.2) is 0 Å². The zero-order chi connectivity index (χ0) is 19.0. The van der Waals surface area contributed by atoms with Crippen molar-refractivity contribution in [3.05, 3.63) is 45.3 Å². The number of aromatic nitrogens is 2. The average molecular weight is 357 g/mol. The fraction of sp³-hybridized carbons (Fsp3) is 0.353. The minimum atomic E-state index is -0.493. The van der Waals surface area contributed by atoms with Crippen LogP contribution in [-0.2, 0) is 22.6 Å². The lowest BCUT2D eigenvalue weighted by Crippen LogP contribution is -2.25. The number of anilines is 2. The van der Waals surface area contributed by atoms with E-state index in [0.29, 0.717) is 17.9 Å². The molecule has 0 bridgehead atoms. The molecule has 0 spiro atoms. The first-order valence-electron chi connectivity index (χ1n) is 8.17. The zero-order valence-corrected chi connectivity index (χ0v) is 14.8. The Labute approximate surface area is 149 Å². The molecule has 0 fully saturated rings. The molecule has 0 saturated carbocycles. The Bertz CT molecular complexity index is 918. The fourth-order valence-electron chi connectivity index (χ4n) is 3.25. The van der Waals surface area contributed by atoms with Gasteiger partial charge in [-0.25, -0.2) is 0 Å². The molecule has 1 aliphatic heterocycles. The number of hydrogen-bond acceptors (Lipinski definition) is 5. The highest BCUT2D eigenvalue weighted by Gasteiger charge is 2.24. The molecule has 9 heteroatoms. The second kappa shape index (κ2) is 6.58. The monoisotopic (exact) mass is 357 g/mol. The molecular weight excluding hydrogens is 338 g/mol. The summed E-state index contributed by atoms with van der Waals surface area (Å²) < 4.78 is 1.33. The third-order valence-corrected chi connectivity index (χ3v) is 4.46. The van der Waals surface area contributed by atoms with Crippen LogP contribution in [0.25, 0.3) is 0 Å². The molecule has 136 valence electrons. The smallest absolute Gasteiger partial charge is 0.312 e. The second-order valence-electron chi connectivity index (χ2n) is 6.25. The van der Waals surface area contributed by atoms with E-state index in [4.69, 9.17) is 0 Å². The number of hydrogen-bond donors (Lipinski definition) is 1. The van der Waals surface area contributed by atoms with Crippen LogP contribution < -0.4 is 10.2 Å². The predicted octanol–water partition coefficient (Wildman–Crippen LogP) is 1.96. The van der Waals surface area contributed by atoms with Gasteiger partial charge in [-0.15, -0.1) is 0 Å². The van der Waals surface area contributed by atoms with Crippen LogP contribution in [-0.4, -0.2) is 33.1 Å². The van der Waals surface area contributed by atoms with Crippen molar-refractivity contribution in [2.45, 2.75) is 33.7 Å². The summed E-state index contributed by atoms with van der Waals surface area (Å²) in [7, 11) is 0. The Hall–Kier alpha value is -3.23. The largest absolute Gasteiger partial charge is 0.324 e. The van der Waals surface area contributed by atoms with E-state index in [1.165, 1.54) is 11.6 Å². The van der Waals surface area contributed by atoms with Crippen LogP contribution in [0.5, 0.6) is 0 Å². The lowest BCUT2D eigenvalue weighted by atomic mass is 10.1. The van der Waals surface area contributed by atoms with E-state index in [9.17, 15) is 19.7 Å². The molecule has 2 heterocycles. The van der Waals surface area contributed by atoms with E-state index in [0.717, 1.165) is 17.7 Å². The first-order valence-corrected chi connectivity index (χ1v) is 8.17. The van der Waals surface area contributed by atoms with Crippen LogP contribution in [0, 0.1) is 24.0 Å². The van der Waals surface area contributed by atoms with E-state index >= 15 is 0 Å². The predicted molar refractivity (Wildman–Crippen MR) is 95.2 cm³/mol. The molecule has 2 aromatic rings. The van der Waals surface area contributed by atoms with Crippen LogP contribution in [0.1, 0.15) is 23.9 Å². The number of benzene rings is 1. The van der Waals surface area contributed by atoms with E-state index in [1.54, 1.807) is 24.8 Å². The number of aryl methyl sites for hydroxylation is 1. The summed E-state index contributed by atoms with van der Waals surface area (Å²) in [6.07, 6.45) is 0.738. The maximum Gasteiger partial charge on any atom is 0.312 e. The van der Waals surface area contributed by atoms with Crippen LogP contribution in [0.15, 0.2) is 18.2 Å². The summed E-state index contributed by atoms with van der Waals surface area (Å²) >= 11 is 0. The molecule has 2 amide bonds. The molecule has 1 N–H and O–H groups in total. The fourth-order valence-corrected chi connectivity index (χ4v) is 3.25. The summed E-state index contributed by atoms with van der Waals surface area (Å²) in [5, 5.41) is 17.9. The Morgan fingerprint density at radius 2 is 2.08 bits per heavy atom. The molecule has 9 nitrogen and oxygen atoms in total. The van der Waals surface area contributed by atoms with Crippen molar-refractivity contribution >= 4 is 28.9 Å². The summed E-state index contributed by atoms with van der Waals surface area (Å²) in [6, 6.07) is 5.40. The van der Waals surface area contributed by atoms with Gasteiger partial charge in [-0.05, 0) is 44.0 Å². The SMILES string of the molecule is CC(=O)N1CCc2cc(NC(=O)Cn3nc(C)c([N+](=O)[O-])c3C)ccc21. The van der Waals surface area contributed by atoms with Gasteiger partial charge in [0.05, 0.1) is 4.92 Å². The van der Waals surface area contributed by atoms with Gasteiger partial charge in [0, 0.05) is 24.8 Å². The number of fused-ring (bicyclic) bond motifs is 1. The second-order valence-corrected chi connectivity index (χ2v) is 6.25. The van der Waals surface area contributed by atoms with Crippen molar-refractivity contribution in [3.63, 3.8) is 0 Å². The number of carbonyl (C=O) groups is 2. The van der Waals surface area contributed by atoms with E-state index in [1.807, 2.05) is 12.1 Å². The summed E-state index contributed by atoms with van der Waals surface area (Å²) in [4.78, 5) is 36.1. The van der Waals surface area contributed by atoms with Crippen molar-refractivity contribution < 1.29 is 14.5 Å². The number of nitrogens with one attached hydrogen (secondary N) is 1. The molecule has 1 aliphatic rings. The highest BCUT2D eigenvalue weighted by atomic mass is 16.6. The standard InChI is InChI=1S/C17H19N5O4/c1-10-17(22(25)26)11(2)21(19-10)9-16(24)18-14-4-5-15-13(8-14)6-7-20(15)12(3)23/h4-5,8H,6-7,9H2,1-3H3,(H,18,24). The average Bonchev–Trinajstić information content (AvgIpc) is 3.08. The Morgan fingerprint density at radius 3 is 2.69 bits per heavy atom. The Balaban J connectivity index is 1.73. The Kier molecular flexibility index (Phi) is 4.45. The molecule has 26 heavy (non-hydrogen) atoms. The van der Waals surface area contributed by atoms with Crippen LogP contribution >= 0.6 is 0 Å². The van der Waals surface area contributed by atoms with E-state index in [2.05, 4.69) is 10.4 Å². The molecule has 0 aliphatic carbocycles. The first-order chi connectivity index (χ1) is 12.3. The molecule has 0 saturated heterocycles. The summed E-state index contributed by atoms with van der Waals surface area (Å²) in [5.74, 6) is -0.335. The minimum absolute atomic E-state index is 0.00772. The zero-order valence-electron chi connectivity index (χ0n) is 14.8. The minimum Gasteiger partial charge on any atom is -0.324 e. The highest BCUT2D eigenvalue weighted by molar-refractivity contribution is 5.95. The number of amides is 2. The van der Waals surface area contributed by atoms with Crippen molar-refractivity contribution in [2.75, 3.05) is 16.8 Å². The van der Waals surface area contributed by atoms with Crippen LogP contribution in [0.4, 0.5) is 17.1 Å². The van der Waals surface area contributed by atoms with Gasteiger partial charge in [0.1, 0.15) is 17.9 Å². The highest BCUT2D eigenvalue weighted by Crippen LogP contribution is 2.30. The molecule has 3 rings (SSSR count).